The molecule has 6 nitrogen and oxygen atoms in total. The van der Waals surface area contributed by atoms with Crippen LogP contribution in [0.25, 0.3) is 0 Å². The second-order valence-electron chi connectivity index (χ2n) is 5.71. The van der Waals surface area contributed by atoms with Gasteiger partial charge in [-0.25, -0.2) is 0 Å². The number of hydrogen-bond acceptors (Lipinski definition) is 6. The van der Waals surface area contributed by atoms with E-state index in [-0.39, 0.29) is 18.3 Å². The number of nitrogens with one attached hydrogen (secondary N) is 1. The third-order valence-electron chi connectivity index (χ3n) is 3.95. The first-order chi connectivity index (χ1) is 14.0. The molecule has 0 fully saturated rings. The molecular weight excluding hydrogens is 402 g/mol. The first kappa shape index (κ1) is 22.6. The van der Waals surface area contributed by atoms with Crippen LogP contribution in [-0.4, -0.2) is 38.0 Å². The minimum absolute atomic E-state index is 0.0684. The molecule has 0 radical (unpaired) electrons. The van der Waals surface area contributed by atoms with Gasteiger partial charge in [-0.1, -0.05) is 29.4 Å². The van der Waals surface area contributed by atoms with E-state index < -0.39 is 12.7 Å². The third kappa shape index (κ3) is 6.43. The number of oxime groups is 1. The second kappa shape index (κ2) is 11.4. The maximum Gasteiger partial charge on any atom is 0.387 e. The molecule has 0 aromatic heterocycles. The largest absolute Gasteiger partial charge is 0.435 e. The van der Waals surface area contributed by atoms with Gasteiger partial charge in [-0.2, -0.15) is 8.78 Å². The molecular formula is C20H22F2N2O4S. The number of thioether (sulfide) groups is 1. The number of hydrogen-bond donors (Lipinski definition) is 1. The standard InChI is InChI=1S/C20H22F2N2O4S/c1-23-18(25)17(26-2)16-7-5-4-6-14(16)12-27-24-19(29-3)13-8-10-15(11-9-13)28-20(21)22/h4-11,17,20H,12H2,1-3H3,(H,23,25)/b24-19-. The Morgan fingerprint density at radius 2 is 1.86 bits per heavy atom. The number of nitrogens with zero attached hydrogens (tertiary/aromatic N) is 1. The fourth-order valence-corrected chi connectivity index (χ4v) is 3.07. The minimum atomic E-state index is -2.87. The highest BCUT2D eigenvalue weighted by Crippen LogP contribution is 2.23. The van der Waals surface area contributed by atoms with Crippen LogP contribution in [0.1, 0.15) is 22.8 Å². The lowest BCUT2D eigenvalue weighted by Gasteiger charge is -2.17. The van der Waals surface area contributed by atoms with E-state index in [1.165, 1.54) is 31.0 Å². The SMILES string of the molecule is CNC(=O)C(OC)c1ccccc1CO/N=C(\SC)c1ccc(OC(F)F)cc1. The van der Waals surface area contributed by atoms with Gasteiger partial charge in [0.2, 0.25) is 0 Å². The second-order valence-corrected chi connectivity index (χ2v) is 6.50. The zero-order valence-corrected chi connectivity index (χ0v) is 17.0. The van der Waals surface area contributed by atoms with Crippen molar-refractivity contribution in [3.63, 3.8) is 0 Å². The van der Waals surface area contributed by atoms with Gasteiger partial charge in [0.05, 0.1) is 0 Å². The van der Waals surface area contributed by atoms with Crippen molar-refractivity contribution in [2.24, 2.45) is 5.16 Å². The summed E-state index contributed by atoms with van der Waals surface area (Å²) in [6.07, 6.45) is 1.07. The highest BCUT2D eigenvalue weighted by Gasteiger charge is 2.21. The van der Waals surface area contributed by atoms with E-state index in [4.69, 9.17) is 9.57 Å². The monoisotopic (exact) mass is 424 g/mol. The predicted molar refractivity (Wildman–Crippen MR) is 108 cm³/mol. The number of benzene rings is 2. The van der Waals surface area contributed by atoms with Crippen molar-refractivity contribution in [3.05, 3.63) is 65.2 Å². The van der Waals surface area contributed by atoms with E-state index in [1.807, 2.05) is 24.5 Å². The molecule has 1 unspecified atom stereocenters. The molecule has 0 bridgehead atoms. The summed E-state index contributed by atoms with van der Waals surface area (Å²) in [4.78, 5) is 17.5. The van der Waals surface area contributed by atoms with E-state index >= 15 is 0 Å². The molecule has 1 atom stereocenters. The summed E-state index contributed by atoms with van der Waals surface area (Å²) in [7, 11) is 3.00. The molecule has 0 saturated carbocycles. The summed E-state index contributed by atoms with van der Waals surface area (Å²) in [5.74, 6) is -0.196. The van der Waals surface area contributed by atoms with Crippen LogP contribution < -0.4 is 10.1 Å². The average molecular weight is 424 g/mol. The quantitative estimate of drug-likeness (QED) is 0.375. The highest BCUT2D eigenvalue weighted by molar-refractivity contribution is 8.13. The van der Waals surface area contributed by atoms with Crippen molar-refractivity contribution in [3.8, 4) is 5.75 Å². The molecule has 156 valence electrons. The Labute approximate surface area is 172 Å². The van der Waals surface area contributed by atoms with Crippen molar-refractivity contribution in [1.82, 2.24) is 5.32 Å². The summed E-state index contributed by atoms with van der Waals surface area (Å²) in [6, 6.07) is 13.4. The molecule has 0 spiro atoms. The lowest BCUT2D eigenvalue weighted by atomic mass is 10.0. The fourth-order valence-electron chi connectivity index (χ4n) is 2.57. The van der Waals surface area contributed by atoms with Crippen molar-refractivity contribution < 1.29 is 27.9 Å². The van der Waals surface area contributed by atoms with Crippen LogP contribution in [0.3, 0.4) is 0 Å². The molecule has 1 N–H and O–H groups in total. The number of rotatable bonds is 9. The van der Waals surface area contributed by atoms with Crippen molar-refractivity contribution in [2.45, 2.75) is 19.3 Å². The van der Waals surface area contributed by atoms with Crippen LogP contribution in [0.15, 0.2) is 53.7 Å². The Hall–Kier alpha value is -2.65. The van der Waals surface area contributed by atoms with E-state index in [2.05, 4.69) is 15.2 Å². The summed E-state index contributed by atoms with van der Waals surface area (Å²) >= 11 is 1.35. The van der Waals surface area contributed by atoms with Crippen molar-refractivity contribution in [2.75, 3.05) is 20.4 Å². The number of ether oxygens (including phenoxy) is 2. The van der Waals surface area contributed by atoms with Gasteiger partial charge in [-0.15, -0.1) is 11.8 Å². The molecule has 2 aromatic carbocycles. The zero-order valence-electron chi connectivity index (χ0n) is 16.2. The van der Waals surface area contributed by atoms with E-state index in [0.29, 0.717) is 16.2 Å². The molecule has 0 heterocycles. The molecule has 0 aliphatic heterocycles. The minimum Gasteiger partial charge on any atom is -0.435 e. The van der Waals surface area contributed by atoms with Crippen LogP contribution in [0, 0.1) is 0 Å². The lowest BCUT2D eigenvalue weighted by molar-refractivity contribution is -0.130. The molecule has 1 amide bonds. The normalized spacial score (nSPS) is 12.6. The van der Waals surface area contributed by atoms with Gasteiger partial charge in [0, 0.05) is 19.7 Å². The van der Waals surface area contributed by atoms with Crippen LogP contribution in [0.2, 0.25) is 0 Å². The number of amides is 1. The Morgan fingerprint density at radius 3 is 2.45 bits per heavy atom. The van der Waals surface area contributed by atoms with Crippen molar-refractivity contribution in [1.29, 1.82) is 0 Å². The number of carbonyl (C=O) groups excluding carboxylic acids is 1. The number of halogens is 2. The molecule has 0 aliphatic rings. The van der Waals surface area contributed by atoms with Gasteiger partial charge in [0.25, 0.3) is 5.91 Å². The zero-order chi connectivity index (χ0) is 21.2. The molecule has 29 heavy (non-hydrogen) atoms. The first-order valence-corrected chi connectivity index (χ1v) is 9.84. The van der Waals surface area contributed by atoms with E-state index in [9.17, 15) is 13.6 Å². The smallest absolute Gasteiger partial charge is 0.387 e. The van der Waals surface area contributed by atoms with E-state index in [1.54, 1.807) is 25.2 Å². The Balaban J connectivity index is 2.12. The molecule has 0 saturated heterocycles. The molecule has 2 rings (SSSR count). The lowest BCUT2D eigenvalue weighted by Crippen LogP contribution is -2.27. The van der Waals surface area contributed by atoms with Crippen LogP contribution in [0.4, 0.5) is 8.78 Å². The van der Waals surface area contributed by atoms with Gasteiger partial charge >= 0.3 is 6.61 Å². The average Bonchev–Trinajstić information content (AvgIpc) is 2.73. The summed E-state index contributed by atoms with van der Waals surface area (Å²) < 4.78 is 34.2. The summed E-state index contributed by atoms with van der Waals surface area (Å²) in [6.45, 7) is -2.74. The predicted octanol–water partition coefficient (Wildman–Crippen LogP) is 3.96. The number of alkyl halides is 2. The maximum absolute atomic E-state index is 12.3. The van der Waals surface area contributed by atoms with Gasteiger partial charge in [-0.05, 0) is 41.6 Å². The van der Waals surface area contributed by atoms with Gasteiger partial charge < -0.3 is 19.6 Å². The maximum atomic E-state index is 12.3. The summed E-state index contributed by atoms with van der Waals surface area (Å²) in [5, 5.41) is 7.28. The molecule has 0 aliphatic carbocycles. The number of carbonyl (C=O) groups is 1. The number of likely N-dealkylation sites (N-methyl/N-ethyl adjacent to an activating group) is 1. The molecule has 2 aromatic rings. The van der Waals surface area contributed by atoms with Gasteiger partial charge in [-0.3, -0.25) is 4.79 Å². The fraction of sp³-hybridized carbons (Fsp3) is 0.300. The van der Waals surface area contributed by atoms with E-state index in [0.717, 1.165) is 5.56 Å². The van der Waals surface area contributed by atoms with Crippen molar-refractivity contribution >= 4 is 22.7 Å². The topological polar surface area (TPSA) is 69.2 Å². The first-order valence-electron chi connectivity index (χ1n) is 8.61. The molecule has 9 heteroatoms. The Kier molecular flexibility index (Phi) is 8.88. The van der Waals surface area contributed by atoms with Crippen LogP contribution >= 0.6 is 11.8 Å². The third-order valence-corrected chi connectivity index (χ3v) is 4.64. The Morgan fingerprint density at radius 1 is 1.17 bits per heavy atom. The highest BCUT2D eigenvalue weighted by atomic mass is 32.2. The number of methoxy groups -OCH3 is 1. The summed E-state index contributed by atoms with van der Waals surface area (Å²) in [5.41, 5.74) is 2.14. The Bertz CT molecular complexity index is 831. The van der Waals surface area contributed by atoms with Crippen LogP contribution in [0.5, 0.6) is 5.75 Å². The van der Waals surface area contributed by atoms with Crippen LogP contribution in [-0.2, 0) is 21.0 Å². The van der Waals surface area contributed by atoms with Gasteiger partial charge in [0.15, 0.2) is 6.10 Å². The van der Waals surface area contributed by atoms with Gasteiger partial charge in [0.1, 0.15) is 17.4 Å².